The molecule has 0 aliphatic heterocycles. The van der Waals surface area contributed by atoms with Crippen molar-refractivity contribution < 1.29 is 9.53 Å². The molecule has 36 heavy (non-hydrogen) atoms. The third kappa shape index (κ3) is 3.86. The molecule has 174 valence electrons. The van der Waals surface area contributed by atoms with Gasteiger partial charge in [0.25, 0.3) is 5.91 Å². The summed E-state index contributed by atoms with van der Waals surface area (Å²) in [7, 11) is 0. The van der Waals surface area contributed by atoms with Crippen LogP contribution < -0.4 is 15.5 Å². The average molecular weight is 473 g/mol. The highest BCUT2D eigenvalue weighted by molar-refractivity contribution is 6.05. The van der Waals surface area contributed by atoms with Crippen LogP contribution in [0.3, 0.4) is 0 Å². The lowest BCUT2D eigenvalue weighted by Gasteiger charge is -2.13. The Hall–Kier alpha value is -5.24. The summed E-state index contributed by atoms with van der Waals surface area (Å²) < 4.78 is 7.74. The Balaban J connectivity index is 1.29. The highest BCUT2D eigenvalue weighted by Crippen LogP contribution is 2.29. The van der Waals surface area contributed by atoms with Gasteiger partial charge in [0.15, 0.2) is 0 Å². The number of fused-ring (bicyclic) bond motifs is 2. The molecule has 6 rings (SSSR count). The molecule has 1 amide bonds. The molecule has 8 heteroatoms. The van der Waals surface area contributed by atoms with Gasteiger partial charge >= 0.3 is 0 Å². The van der Waals surface area contributed by atoms with Gasteiger partial charge in [0.1, 0.15) is 28.4 Å². The standard InChI is InChI=1S/C28H19N5O3/c34-25-22-7-4-14-31-27(22)33(19-5-2-1-3-6-19)17-23(25)28(35)32-18-8-10-20(11-9-18)36-24-13-16-30-26-21(24)12-15-29-26/h1-17H,(H,29,30)(H,32,35). The predicted octanol–water partition coefficient (Wildman–Crippen LogP) is 5.31. The van der Waals surface area contributed by atoms with Crippen molar-refractivity contribution in [3.05, 3.63) is 119 Å². The SMILES string of the molecule is O=C(Nc1ccc(Oc2ccnc3[nH]ccc23)cc1)c1cn(-c2ccccc2)c2ncccc2c1=O. The molecule has 0 aliphatic carbocycles. The highest BCUT2D eigenvalue weighted by atomic mass is 16.5. The number of anilines is 1. The van der Waals surface area contributed by atoms with Crippen LogP contribution in [0, 0.1) is 0 Å². The normalized spacial score (nSPS) is 11.0. The van der Waals surface area contributed by atoms with E-state index in [-0.39, 0.29) is 11.0 Å². The summed E-state index contributed by atoms with van der Waals surface area (Å²) in [4.78, 5) is 38.0. The number of amides is 1. The number of pyridine rings is 3. The molecule has 2 aromatic carbocycles. The van der Waals surface area contributed by atoms with Gasteiger partial charge in [0, 0.05) is 36.2 Å². The lowest BCUT2D eigenvalue weighted by atomic mass is 10.1. The smallest absolute Gasteiger partial charge is 0.261 e. The van der Waals surface area contributed by atoms with Crippen LogP contribution in [0.4, 0.5) is 5.69 Å². The maximum Gasteiger partial charge on any atom is 0.261 e. The first-order valence-electron chi connectivity index (χ1n) is 11.2. The largest absolute Gasteiger partial charge is 0.457 e. The molecule has 0 radical (unpaired) electrons. The maximum absolute atomic E-state index is 13.2. The van der Waals surface area contributed by atoms with Gasteiger partial charge in [-0.3, -0.25) is 9.59 Å². The van der Waals surface area contributed by atoms with Crippen molar-refractivity contribution in [3.63, 3.8) is 0 Å². The van der Waals surface area contributed by atoms with Crippen LogP contribution >= 0.6 is 0 Å². The topological polar surface area (TPSA) is 102 Å². The minimum atomic E-state index is -0.507. The Morgan fingerprint density at radius 2 is 1.69 bits per heavy atom. The number of nitrogens with one attached hydrogen (secondary N) is 2. The van der Waals surface area contributed by atoms with Crippen LogP contribution in [0.25, 0.3) is 27.8 Å². The number of aromatic amines is 1. The second kappa shape index (κ2) is 8.84. The van der Waals surface area contributed by atoms with Crippen molar-refractivity contribution in [2.24, 2.45) is 0 Å². The number of para-hydroxylation sites is 1. The summed E-state index contributed by atoms with van der Waals surface area (Å²) in [6.45, 7) is 0. The Kier molecular flexibility index (Phi) is 5.23. The molecule has 4 aromatic heterocycles. The van der Waals surface area contributed by atoms with Gasteiger partial charge in [-0.15, -0.1) is 0 Å². The van der Waals surface area contributed by atoms with E-state index in [0.717, 1.165) is 16.7 Å². The third-order valence-corrected chi connectivity index (χ3v) is 5.80. The second-order valence-corrected chi connectivity index (χ2v) is 8.08. The first-order valence-corrected chi connectivity index (χ1v) is 11.2. The van der Waals surface area contributed by atoms with Gasteiger partial charge in [-0.1, -0.05) is 18.2 Å². The molecule has 0 saturated carbocycles. The first kappa shape index (κ1) is 21.3. The van der Waals surface area contributed by atoms with E-state index in [4.69, 9.17) is 4.74 Å². The molecule has 0 aliphatic rings. The molecule has 6 aromatic rings. The monoisotopic (exact) mass is 473 g/mol. The van der Waals surface area contributed by atoms with Crippen LogP contribution in [-0.4, -0.2) is 25.4 Å². The third-order valence-electron chi connectivity index (χ3n) is 5.80. The summed E-state index contributed by atoms with van der Waals surface area (Å²) in [5.74, 6) is 0.765. The van der Waals surface area contributed by atoms with Crippen molar-refractivity contribution in [1.82, 2.24) is 19.5 Å². The molecule has 0 spiro atoms. The average Bonchev–Trinajstić information content (AvgIpc) is 3.41. The molecule has 0 atom stereocenters. The summed E-state index contributed by atoms with van der Waals surface area (Å²) in [5, 5.41) is 4.05. The van der Waals surface area contributed by atoms with Gasteiger partial charge in [-0.25, -0.2) is 9.97 Å². The maximum atomic E-state index is 13.2. The van der Waals surface area contributed by atoms with Crippen molar-refractivity contribution in [2.75, 3.05) is 5.32 Å². The molecule has 4 heterocycles. The summed E-state index contributed by atoms with van der Waals surface area (Å²) in [6.07, 6.45) is 6.63. The zero-order valence-corrected chi connectivity index (χ0v) is 18.9. The van der Waals surface area contributed by atoms with E-state index in [1.807, 2.05) is 36.4 Å². The number of carbonyl (C=O) groups excluding carboxylic acids is 1. The number of hydrogen-bond donors (Lipinski definition) is 2. The highest BCUT2D eigenvalue weighted by Gasteiger charge is 2.17. The number of carbonyl (C=O) groups is 1. The second-order valence-electron chi connectivity index (χ2n) is 8.08. The summed E-state index contributed by atoms with van der Waals surface area (Å²) >= 11 is 0. The number of rotatable bonds is 5. The quantitative estimate of drug-likeness (QED) is 0.353. The molecule has 0 fully saturated rings. The lowest BCUT2D eigenvalue weighted by molar-refractivity contribution is 0.102. The fourth-order valence-electron chi connectivity index (χ4n) is 4.06. The molecule has 0 saturated heterocycles. The Bertz CT molecular complexity index is 1770. The van der Waals surface area contributed by atoms with Crippen LogP contribution in [0.5, 0.6) is 11.5 Å². The van der Waals surface area contributed by atoms with Gasteiger partial charge in [0.05, 0.1) is 10.8 Å². The zero-order valence-electron chi connectivity index (χ0n) is 18.9. The van der Waals surface area contributed by atoms with Crippen molar-refractivity contribution >= 4 is 33.7 Å². The van der Waals surface area contributed by atoms with Gasteiger partial charge < -0.3 is 19.6 Å². The minimum absolute atomic E-state index is 0.0197. The number of ether oxygens (including phenoxy) is 1. The summed E-state index contributed by atoms with van der Waals surface area (Å²) in [5.41, 5.74) is 2.19. The van der Waals surface area contributed by atoms with E-state index >= 15 is 0 Å². The number of aromatic nitrogens is 4. The van der Waals surface area contributed by atoms with Crippen molar-refractivity contribution in [3.8, 4) is 17.2 Å². The van der Waals surface area contributed by atoms with Crippen molar-refractivity contribution in [1.29, 1.82) is 0 Å². The van der Waals surface area contributed by atoms with E-state index in [1.54, 1.807) is 65.6 Å². The Morgan fingerprint density at radius 1 is 0.861 bits per heavy atom. The van der Waals surface area contributed by atoms with Crippen molar-refractivity contribution in [2.45, 2.75) is 0 Å². The van der Waals surface area contributed by atoms with Crippen LogP contribution in [-0.2, 0) is 0 Å². The molecule has 0 bridgehead atoms. The lowest BCUT2D eigenvalue weighted by Crippen LogP contribution is -2.24. The van der Waals surface area contributed by atoms with Crippen LogP contribution in [0.15, 0.2) is 108 Å². The first-order chi connectivity index (χ1) is 17.7. The van der Waals surface area contributed by atoms with E-state index < -0.39 is 5.91 Å². The number of hydrogen-bond acceptors (Lipinski definition) is 5. The number of nitrogens with zero attached hydrogens (tertiary/aromatic N) is 3. The van der Waals surface area contributed by atoms with Gasteiger partial charge in [0.2, 0.25) is 5.43 Å². The molecule has 8 nitrogen and oxygen atoms in total. The fraction of sp³-hybridized carbons (Fsp3) is 0. The fourth-order valence-corrected chi connectivity index (χ4v) is 4.06. The summed E-state index contributed by atoms with van der Waals surface area (Å²) in [6, 6.07) is 23.5. The van der Waals surface area contributed by atoms with E-state index in [9.17, 15) is 9.59 Å². The van der Waals surface area contributed by atoms with Gasteiger partial charge in [-0.05, 0) is 60.7 Å². The van der Waals surface area contributed by atoms with Crippen LogP contribution in [0.1, 0.15) is 10.4 Å². The Morgan fingerprint density at radius 3 is 2.53 bits per heavy atom. The predicted molar refractivity (Wildman–Crippen MR) is 138 cm³/mol. The number of H-pyrrole nitrogens is 1. The van der Waals surface area contributed by atoms with Crippen LogP contribution in [0.2, 0.25) is 0 Å². The molecule has 0 unspecified atom stereocenters. The Labute approximate surface area is 204 Å². The molecular formula is C28H19N5O3. The van der Waals surface area contributed by atoms with E-state index in [2.05, 4.69) is 20.3 Å². The molecule has 2 N–H and O–H groups in total. The number of benzene rings is 2. The zero-order chi connectivity index (χ0) is 24.5. The van der Waals surface area contributed by atoms with E-state index in [1.165, 1.54) is 6.20 Å². The van der Waals surface area contributed by atoms with E-state index in [0.29, 0.717) is 28.2 Å². The minimum Gasteiger partial charge on any atom is -0.457 e. The molecular weight excluding hydrogens is 454 g/mol. The van der Waals surface area contributed by atoms with Gasteiger partial charge in [-0.2, -0.15) is 0 Å².